The smallest absolute Gasteiger partial charge is 0.338 e. The molecular weight excluding hydrogens is 404 g/mol. The van der Waals surface area contributed by atoms with Gasteiger partial charge in [-0.05, 0) is 31.5 Å². The van der Waals surface area contributed by atoms with Gasteiger partial charge in [-0.3, -0.25) is 9.36 Å². The van der Waals surface area contributed by atoms with Crippen LogP contribution in [0, 0.1) is 0 Å². The Morgan fingerprint density at radius 3 is 2.61 bits per heavy atom. The topological polar surface area (TPSA) is 87.0 Å². The zero-order chi connectivity index (χ0) is 20.4. The van der Waals surface area contributed by atoms with Crippen molar-refractivity contribution < 1.29 is 19.1 Å². The minimum Gasteiger partial charge on any atom is -0.466 e. The molecule has 0 amide bonds. The monoisotopic (exact) mass is 420 g/mol. The van der Waals surface area contributed by atoms with Gasteiger partial charge in [-0.1, -0.05) is 35.1 Å². The van der Waals surface area contributed by atoms with E-state index in [0.717, 1.165) is 17.4 Å². The van der Waals surface area contributed by atoms with Crippen LogP contribution in [-0.4, -0.2) is 30.2 Å². The standard InChI is InChI=1S/C19H17ClN2O5S/c1-4-27-18(25)15-10(2)21-19-22(16(15)11-5-7-12(20)8-6-11)17(24)13(28-19)9-14(23)26-3/h5-9,16H,4H2,1-3H3/b13-9-. The summed E-state index contributed by atoms with van der Waals surface area (Å²) in [5.74, 6) is -1.19. The summed E-state index contributed by atoms with van der Waals surface area (Å²) in [6.45, 7) is 3.58. The van der Waals surface area contributed by atoms with E-state index in [9.17, 15) is 14.4 Å². The first-order valence-electron chi connectivity index (χ1n) is 8.40. The Morgan fingerprint density at radius 2 is 2.00 bits per heavy atom. The number of carbonyl (C=O) groups is 2. The molecule has 7 nitrogen and oxygen atoms in total. The molecule has 3 rings (SSSR count). The number of allylic oxidation sites excluding steroid dienone is 1. The molecule has 2 aromatic rings. The highest BCUT2D eigenvalue weighted by Gasteiger charge is 2.33. The van der Waals surface area contributed by atoms with Gasteiger partial charge in [0, 0.05) is 11.1 Å². The molecule has 1 aromatic carbocycles. The fourth-order valence-electron chi connectivity index (χ4n) is 2.92. The maximum absolute atomic E-state index is 13.0. The van der Waals surface area contributed by atoms with Crippen LogP contribution in [0.2, 0.25) is 5.02 Å². The normalized spacial score (nSPS) is 16.4. The summed E-state index contributed by atoms with van der Waals surface area (Å²) >= 11 is 7.04. The zero-order valence-corrected chi connectivity index (χ0v) is 17.0. The maximum atomic E-state index is 13.0. The summed E-state index contributed by atoms with van der Waals surface area (Å²) in [6.07, 6.45) is 1.12. The van der Waals surface area contributed by atoms with Crippen LogP contribution >= 0.6 is 22.9 Å². The molecule has 0 saturated heterocycles. The van der Waals surface area contributed by atoms with E-state index >= 15 is 0 Å². The highest BCUT2D eigenvalue weighted by molar-refractivity contribution is 7.07. The van der Waals surface area contributed by atoms with E-state index in [4.69, 9.17) is 16.3 Å². The average molecular weight is 421 g/mol. The molecule has 0 bridgehead atoms. The van der Waals surface area contributed by atoms with E-state index < -0.39 is 23.5 Å². The molecule has 2 heterocycles. The van der Waals surface area contributed by atoms with Crippen molar-refractivity contribution in [3.05, 3.63) is 65.8 Å². The van der Waals surface area contributed by atoms with Crippen molar-refractivity contribution in [2.45, 2.75) is 19.9 Å². The largest absolute Gasteiger partial charge is 0.466 e. The fourth-order valence-corrected chi connectivity index (χ4v) is 4.05. The minimum atomic E-state index is -0.743. The van der Waals surface area contributed by atoms with Gasteiger partial charge in [0.15, 0.2) is 4.80 Å². The number of benzene rings is 1. The van der Waals surface area contributed by atoms with E-state index in [1.54, 1.807) is 38.1 Å². The van der Waals surface area contributed by atoms with Gasteiger partial charge in [0.05, 0.1) is 31.0 Å². The summed E-state index contributed by atoms with van der Waals surface area (Å²) in [5, 5.41) is 0.528. The lowest BCUT2D eigenvalue weighted by atomic mass is 9.96. The van der Waals surface area contributed by atoms with Crippen LogP contribution < -0.4 is 14.9 Å². The van der Waals surface area contributed by atoms with Crippen LogP contribution in [-0.2, 0) is 19.1 Å². The molecule has 0 N–H and O–H groups in total. The third-order valence-corrected chi connectivity index (χ3v) is 5.39. The van der Waals surface area contributed by atoms with Crippen LogP contribution in [0.3, 0.4) is 0 Å². The Morgan fingerprint density at radius 1 is 1.32 bits per heavy atom. The fraction of sp³-hybridized carbons (Fsp3) is 0.263. The Bertz CT molecular complexity index is 1140. The van der Waals surface area contributed by atoms with Gasteiger partial charge >= 0.3 is 11.9 Å². The van der Waals surface area contributed by atoms with Crippen molar-refractivity contribution in [1.29, 1.82) is 0 Å². The molecule has 0 radical (unpaired) electrons. The third-order valence-electron chi connectivity index (χ3n) is 4.15. The number of fused-ring (bicyclic) bond motifs is 1. The van der Waals surface area contributed by atoms with Crippen molar-refractivity contribution in [1.82, 2.24) is 4.57 Å². The van der Waals surface area contributed by atoms with Gasteiger partial charge in [0.1, 0.15) is 4.53 Å². The van der Waals surface area contributed by atoms with Crippen LogP contribution in [0.25, 0.3) is 6.08 Å². The van der Waals surface area contributed by atoms with E-state index in [-0.39, 0.29) is 16.7 Å². The van der Waals surface area contributed by atoms with Crippen LogP contribution in [0.15, 0.2) is 45.3 Å². The highest BCUT2D eigenvalue weighted by atomic mass is 35.5. The molecule has 146 valence electrons. The van der Waals surface area contributed by atoms with Gasteiger partial charge in [0.25, 0.3) is 5.56 Å². The van der Waals surface area contributed by atoms with Crippen molar-refractivity contribution in [2.75, 3.05) is 13.7 Å². The Balaban J connectivity index is 2.30. The highest BCUT2D eigenvalue weighted by Crippen LogP contribution is 2.31. The predicted molar refractivity (Wildman–Crippen MR) is 105 cm³/mol. The number of thiazole rings is 1. The molecule has 0 fully saturated rings. The Kier molecular flexibility index (Phi) is 5.81. The first-order chi connectivity index (χ1) is 13.4. The quantitative estimate of drug-likeness (QED) is 0.701. The van der Waals surface area contributed by atoms with Crippen molar-refractivity contribution in [2.24, 2.45) is 4.99 Å². The van der Waals surface area contributed by atoms with Crippen LogP contribution in [0.1, 0.15) is 25.5 Å². The van der Waals surface area contributed by atoms with Crippen molar-refractivity contribution >= 4 is 41.0 Å². The molecule has 1 aromatic heterocycles. The molecule has 1 aliphatic rings. The molecular formula is C19H17ClN2O5S. The summed E-state index contributed by atoms with van der Waals surface area (Å²) in [6, 6.07) is 6.09. The van der Waals surface area contributed by atoms with E-state index in [2.05, 4.69) is 9.73 Å². The maximum Gasteiger partial charge on any atom is 0.338 e. The zero-order valence-electron chi connectivity index (χ0n) is 15.4. The second-order valence-electron chi connectivity index (χ2n) is 5.88. The molecule has 1 atom stereocenters. The Labute approximate surface area is 169 Å². The lowest BCUT2D eigenvalue weighted by molar-refractivity contribution is -0.139. The predicted octanol–water partition coefficient (Wildman–Crippen LogP) is 1.58. The first kappa shape index (κ1) is 20.0. The Hall–Kier alpha value is -2.71. The third kappa shape index (κ3) is 3.65. The number of halogens is 1. The molecule has 1 aliphatic heterocycles. The van der Waals surface area contributed by atoms with Gasteiger partial charge in [-0.15, -0.1) is 0 Å². The number of methoxy groups -OCH3 is 1. The number of carbonyl (C=O) groups excluding carboxylic acids is 2. The minimum absolute atomic E-state index is 0.169. The lowest BCUT2D eigenvalue weighted by Gasteiger charge is -2.24. The second kappa shape index (κ2) is 8.12. The molecule has 0 aliphatic carbocycles. The van der Waals surface area contributed by atoms with E-state index in [0.29, 0.717) is 21.1 Å². The SMILES string of the molecule is CCOC(=O)C1=C(C)N=c2s/c(=C\C(=O)OC)c(=O)n2C1c1ccc(Cl)cc1. The number of hydrogen-bond acceptors (Lipinski definition) is 7. The first-order valence-corrected chi connectivity index (χ1v) is 9.60. The van der Waals surface area contributed by atoms with E-state index in [1.807, 2.05) is 0 Å². The van der Waals surface area contributed by atoms with Gasteiger partial charge in [-0.2, -0.15) is 0 Å². The molecule has 28 heavy (non-hydrogen) atoms. The van der Waals surface area contributed by atoms with Crippen molar-refractivity contribution in [3.63, 3.8) is 0 Å². The number of hydrogen-bond donors (Lipinski definition) is 0. The summed E-state index contributed by atoms with van der Waals surface area (Å²) < 4.78 is 11.4. The number of ether oxygens (including phenoxy) is 2. The van der Waals surface area contributed by atoms with Gasteiger partial charge in [-0.25, -0.2) is 14.6 Å². The summed E-state index contributed by atoms with van der Waals surface area (Å²) in [4.78, 5) is 42.1. The summed E-state index contributed by atoms with van der Waals surface area (Å²) in [5.41, 5.74) is 0.946. The summed E-state index contributed by atoms with van der Waals surface area (Å²) in [7, 11) is 1.23. The number of aromatic nitrogens is 1. The average Bonchev–Trinajstić information content (AvgIpc) is 2.96. The molecule has 9 heteroatoms. The van der Waals surface area contributed by atoms with Crippen LogP contribution in [0.4, 0.5) is 0 Å². The molecule has 1 unspecified atom stereocenters. The number of esters is 2. The van der Waals surface area contributed by atoms with Crippen molar-refractivity contribution in [3.8, 4) is 0 Å². The molecule has 0 saturated carbocycles. The molecule has 0 spiro atoms. The second-order valence-corrected chi connectivity index (χ2v) is 7.32. The lowest BCUT2D eigenvalue weighted by Crippen LogP contribution is -2.40. The van der Waals surface area contributed by atoms with Gasteiger partial charge in [0.2, 0.25) is 0 Å². The van der Waals surface area contributed by atoms with Crippen LogP contribution in [0.5, 0.6) is 0 Å². The number of rotatable bonds is 4. The van der Waals surface area contributed by atoms with E-state index in [1.165, 1.54) is 11.7 Å². The van der Waals surface area contributed by atoms with Gasteiger partial charge < -0.3 is 9.47 Å². The number of nitrogens with zero attached hydrogens (tertiary/aromatic N) is 2.